The molecular formula is C21H17F4N3. The molecule has 1 aliphatic rings. The maximum absolute atomic E-state index is 14.5. The van der Waals surface area contributed by atoms with Crippen molar-refractivity contribution in [3.8, 4) is 0 Å². The van der Waals surface area contributed by atoms with Crippen LogP contribution >= 0.6 is 0 Å². The molecule has 3 aromatic rings. The molecule has 0 amide bonds. The molecule has 0 saturated heterocycles. The highest BCUT2D eigenvalue weighted by molar-refractivity contribution is 5.62. The van der Waals surface area contributed by atoms with Crippen molar-refractivity contribution in [3.05, 3.63) is 82.6 Å². The summed E-state index contributed by atoms with van der Waals surface area (Å²) in [6.45, 7) is 0. The quantitative estimate of drug-likeness (QED) is 0.574. The lowest BCUT2D eigenvalue weighted by atomic mass is 10.0. The summed E-state index contributed by atoms with van der Waals surface area (Å²) < 4.78 is 57.2. The number of nitrogens with one attached hydrogen (secondary N) is 1. The first-order valence-corrected chi connectivity index (χ1v) is 8.86. The Balaban J connectivity index is 1.58. The van der Waals surface area contributed by atoms with Gasteiger partial charge in [0.1, 0.15) is 5.82 Å². The van der Waals surface area contributed by atoms with Crippen molar-refractivity contribution in [3.63, 3.8) is 0 Å². The number of hydrogen-bond acceptors (Lipinski definition) is 3. The minimum atomic E-state index is -1.16. The van der Waals surface area contributed by atoms with Crippen molar-refractivity contribution in [2.45, 2.75) is 25.2 Å². The number of pyridine rings is 1. The Kier molecular flexibility index (Phi) is 4.66. The van der Waals surface area contributed by atoms with Gasteiger partial charge in [-0.05, 0) is 59.7 Å². The number of aromatic nitrogens is 1. The second kappa shape index (κ2) is 7.14. The summed E-state index contributed by atoms with van der Waals surface area (Å²) in [5.41, 5.74) is 6.23. The Labute approximate surface area is 159 Å². The molecule has 1 aromatic heterocycles. The van der Waals surface area contributed by atoms with E-state index in [-0.39, 0.29) is 34.7 Å². The van der Waals surface area contributed by atoms with Crippen molar-refractivity contribution in [2.24, 2.45) is 0 Å². The Bertz CT molecular complexity index is 1050. The number of nitrogen functional groups attached to an aromatic ring is 1. The van der Waals surface area contributed by atoms with Gasteiger partial charge in [-0.25, -0.2) is 22.5 Å². The third-order valence-corrected chi connectivity index (χ3v) is 4.85. The third kappa shape index (κ3) is 3.52. The van der Waals surface area contributed by atoms with Gasteiger partial charge in [0, 0.05) is 12.6 Å². The largest absolute Gasteiger partial charge is 0.381 e. The van der Waals surface area contributed by atoms with E-state index in [0.29, 0.717) is 5.92 Å². The average molecular weight is 387 g/mol. The fourth-order valence-corrected chi connectivity index (χ4v) is 3.11. The highest BCUT2D eigenvalue weighted by atomic mass is 19.2. The van der Waals surface area contributed by atoms with Gasteiger partial charge >= 0.3 is 0 Å². The fraction of sp³-hybridized carbons (Fsp3) is 0.190. The summed E-state index contributed by atoms with van der Waals surface area (Å²) in [6.07, 6.45) is 3.19. The number of benzene rings is 2. The van der Waals surface area contributed by atoms with Crippen LogP contribution in [0.25, 0.3) is 0 Å². The highest BCUT2D eigenvalue weighted by Gasteiger charge is 2.24. The Hall–Kier alpha value is -3.09. The number of hydrogen-bond donors (Lipinski definition) is 2. The van der Waals surface area contributed by atoms with Crippen molar-refractivity contribution < 1.29 is 17.6 Å². The summed E-state index contributed by atoms with van der Waals surface area (Å²) in [4.78, 5) is 3.60. The monoisotopic (exact) mass is 387 g/mol. The molecule has 7 heteroatoms. The summed E-state index contributed by atoms with van der Waals surface area (Å²) >= 11 is 0. The Morgan fingerprint density at radius 3 is 2.32 bits per heavy atom. The van der Waals surface area contributed by atoms with Gasteiger partial charge in [-0.3, -0.25) is 0 Å². The molecule has 2 aromatic carbocycles. The number of rotatable bonds is 5. The van der Waals surface area contributed by atoms with E-state index in [1.54, 1.807) is 6.07 Å². The second-order valence-electron chi connectivity index (χ2n) is 6.88. The van der Waals surface area contributed by atoms with Gasteiger partial charge in [-0.2, -0.15) is 0 Å². The molecule has 1 saturated carbocycles. The predicted molar refractivity (Wildman–Crippen MR) is 99.4 cm³/mol. The van der Waals surface area contributed by atoms with E-state index < -0.39 is 23.3 Å². The maximum atomic E-state index is 14.5. The first-order valence-electron chi connectivity index (χ1n) is 8.86. The molecule has 4 rings (SSSR count). The zero-order valence-electron chi connectivity index (χ0n) is 14.8. The van der Waals surface area contributed by atoms with Crippen LogP contribution in [0.5, 0.6) is 0 Å². The molecule has 0 radical (unpaired) electrons. The molecular weight excluding hydrogens is 370 g/mol. The predicted octanol–water partition coefficient (Wildman–Crippen LogP) is 5.43. The topological polar surface area (TPSA) is 50.9 Å². The van der Waals surface area contributed by atoms with Gasteiger partial charge in [0.2, 0.25) is 0 Å². The van der Waals surface area contributed by atoms with E-state index in [9.17, 15) is 17.6 Å². The van der Waals surface area contributed by atoms with Crippen LogP contribution in [0, 0.1) is 23.3 Å². The first kappa shape index (κ1) is 18.3. The minimum Gasteiger partial charge on any atom is -0.381 e. The Morgan fingerprint density at radius 2 is 1.61 bits per heavy atom. The van der Waals surface area contributed by atoms with Crippen LogP contribution in [0.3, 0.4) is 0 Å². The smallest absolute Gasteiger partial charge is 0.182 e. The second-order valence-corrected chi connectivity index (χ2v) is 6.88. The van der Waals surface area contributed by atoms with Gasteiger partial charge in [-0.15, -0.1) is 0 Å². The molecule has 0 aliphatic heterocycles. The van der Waals surface area contributed by atoms with Crippen molar-refractivity contribution in [2.75, 3.05) is 11.1 Å². The van der Waals surface area contributed by atoms with Crippen LogP contribution in [0.2, 0.25) is 0 Å². The van der Waals surface area contributed by atoms with Crippen LogP contribution < -0.4 is 11.1 Å². The normalized spacial score (nSPS) is 13.6. The van der Waals surface area contributed by atoms with E-state index in [1.807, 2.05) is 0 Å². The van der Waals surface area contributed by atoms with Gasteiger partial charge in [0.05, 0.1) is 11.4 Å². The van der Waals surface area contributed by atoms with E-state index in [1.165, 1.54) is 36.5 Å². The molecule has 1 fully saturated rings. The lowest BCUT2D eigenvalue weighted by molar-refractivity contribution is 0.502. The molecule has 144 valence electrons. The van der Waals surface area contributed by atoms with Crippen LogP contribution in [0.4, 0.5) is 34.8 Å². The fourth-order valence-electron chi connectivity index (χ4n) is 3.11. The Morgan fingerprint density at radius 1 is 0.893 bits per heavy atom. The molecule has 1 heterocycles. The summed E-state index contributed by atoms with van der Waals surface area (Å²) in [5, 5.41) is 2.59. The molecule has 0 spiro atoms. The van der Waals surface area contributed by atoms with Gasteiger partial charge in [0.25, 0.3) is 0 Å². The number of anilines is 3. The zero-order valence-corrected chi connectivity index (χ0v) is 14.8. The summed E-state index contributed by atoms with van der Waals surface area (Å²) in [5.74, 6) is -3.49. The molecule has 0 atom stereocenters. The minimum absolute atomic E-state index is 0.0443. The van der Waals surface area contributed by atoms with E-state index >= 15 is 0 Å². The maximum Gasteiger partial charge on any atom is 0.182 e. The van der Waals surface area contributed by atoms with Crippen molar-refractivity contribution in [1.29, 1.82) is 0 Å². The lowest BCUT2D eigenvalue weighted by Gasteiger charge is -2.13. The van der Waals surface area contributed by atoms with Crippen LogP contribution in [-0.2, 0) is 6.42 Å². The third-order valence-electron chi connectivity index (χ3n) is 4.85. The van der Waals surface area contributed by atoms with Gasteiger partial charge < -0.3 is 11.1 Å². The van der Waals surface area contributed by atoms with Crippen molar-refractivity contribution in [1.82, 2.24) is 4.98 Å². The molecule has 0 bridgehead atoms. The molecule has 28 heavy (non-hydrogen) atoms. The van der Waals surface area contributed by atoms with E-state index in [2.05, 4.69) is 10.3 Å². The van der Waals surface area contributed by atoms with E-state index in [0.717, 1.165) is 18.4 Å². The first-order chi connectivity index (χ1) is 13.4. The average Bonchev–Trinajstić information content (AvgIpc) is 3.51. The van der Waals surface area contributed by atoms with Gasteiger partial charge in [0.15, 0.2) is 23.3 Å². The summed E-state index contributed by atoms with van der Waals surface area (Å²) in [6, 6.07) is 8.69. The molecule has 0 unspecified atom stereocenters. The zero-order chi connectivity index (χ0) is 19.8. The summed E-state index contributed by atoms with van der Waals surface area (Å²) in [7, 11) is 0. The molecule has 3 N–H and O–H groups in total. The van der Waals surface area contributed by atoms with Crippen LogP contribution in [0.1, 0.15) is 35.4 Å². The van der Waals surface area contributed by atoms with Gasteiger partial charge in [-0.1, -0.05) is 12.1 Å². The van der Waals surface area contributed by atoms with Crippen LogP contribution in [0.15, 0.2) is 42.6 Å². The highest BCUT2D eigenvalue weighted by Crippen LogP contribution is 2.41. The standard InChI is InChI=1S/C21H17F4N3/c22-15-10-12(11-1-2-11)3-5-16(15)28-17-6-4-13(18(23)20(17)25)9-14-7-8-27-21(26)19(14)24/h3-8,10-11,28H,1-2,9H2,(H2,26,27). The van der Waals surface area contributed by atoms with E-state index in [4.69, 9.17) is 5.73 Å². The van der Waals surface area contributed by atoms with Crippen molar-refractivity contribution >= 4 is 17.2 Å². The SMILES string of the molecule is Nc1nccc(Cc2ccc(Nc3ccc(C4CC4)cc3F)c(F)c2F)c1F. The van der Waals surface area contributed by atoms with Crippen LogP contribution in [-0.4, -0.2) is 4.98 Å². The number of halogens is 4. The number of nitrogens with two attached hydrogens (primary N) is 1. The molecule has 3 nitrogen and oxygen atoms in total. The molecule has 1 aliphatic carbocycles. The lowest BCUT2D eigenvalue weighted by Crippen LogP contribution is -2.05. The number of nitrogens with zero attached hydrogens (tertiary/aromatic N) is 1.